The van der Waals surface area contributed by atoms with E-state index in [1.807, 2.05) is 0 Å². The molecule has 0 atom stereocenters. The summed E-state index contributed by atoms with van der Waals surface area (Å²) in [6.07, 6.45) is 2.17. The van der Waals surface area contributed by atoms with Crippen LogP contribution in [0.25, 0.3) is 0 Å². The van der Waals surface area contributed by atoms with Gasteiger partial charge in [0.1, 0.15) is 0 Å². The van der Waals surface area contributed by atoms with Gasteiger partial charge in [-0.15, -0.1) is 0 Å². The molecule has 0 unspecified atom stereocenters. The second-order valence-electron chi connectivity index (χ2n) is 3.96. The monoisotopic (exact) mass is 203 g/mol. The summed E-state index contributed by atoms with van der Waals surface area (Å²) in [5, 5.41) is 3.41. The van der Waals surface area contributed by atoms with Gasteiger partial charge in [0.2, 0.25) is 0 Å². The van der Waals surface area contributed by atoms with Crippen LogP contribution in [0.4, 0.5) is 0 Å². The lowest BCUT2D eigenvalue weighted by Gasteiger charge is -2.07. The Hall–Kier alpha value is -1.08. The van der Waals surface area contributed by atoms with Crippen LogP contribution < -0.4 is 5.32 Å². The molecule has 0 aromatic heterocycles. The molecule has 0 amide bonds. The molecule has 0 bridgehead atoms. The summed E-state index contributed by atoms with van der Waals surface area (Å²) in [5.74, 6) is 0. The van der Waals surface area contributed by atoms with Crippen molar-refractivity contribution in [1.29, 1.82) is 0 Å². The highest BCUT2D eigenvalue weighted by Crippen LogP contribution is 2.06. The molecule has 0 heterocycles. The van der Waals surface area contributed by atoms with E-state index < -0.39 is 0 Å². The predicted molar refractivity (Wildman–Crippen MR) is 67.2 cm³/mol. The maximum atomic E-state index is 3.97. The highest BCUT2D eigenvalue weighted by atomic mass is 14.8. The molecular weight excluding hydrogens is 182 g/mol. The van der Waals surface area contributed by atoms with E-state index in [-0.39, 0.29) is 0 Å². The lowest BCUT2D eigenvalue weighted by molar-refractivity contribution is 0.716. The minimum atomic E-state index is 0.947. The van der Waals surface area contributed by atoms with Crippen LogP contribution in [0, 0.1) is 6.92 Å². The topological polar surface area (TPSA) is 12.0 Å². The van der Waals surface area contributed by atoms with Gasteiger partial charge in [-0.2, -0.15) is 0 Å². The largest absolute Gasteiger partial charge is 0.313 e. The minimum Gasteiger partial charge on any atom is -0.313 e. The maximum Gasteiger partial charge on any atom is 0.0161 e. The lowest BCUT2D eigenvalue weighted by atomic mass is 10.1. The summed E-state index contributed by atoms with van der Waals surface area (Å²) >= 11 is 0. The normalized spacial score (nSPS) is 10.3. The number of nitrogens with one attached hydrogen (secondary N) is 1. The fourth-order valence-corrected chi connectivity index (χ4v) is 1.50. The third-order valence-electron chi connectivity index (χ3n) is 2.71. The number of aryl methyl sites for hydroxylation is 1. The molecule has 0 spiro atoms. The Morgan fingerprint density at radius 2 is 2.07 bits per heavy atom. The molecule has 0 radical (unpaired) electrons. The molecule has 0 fully saturated rings. The summed E-state index contributed by atoms with van der Waals surface area (Å²) in [6.45, 7) is 10.3. The van der Waals surface area contributed by atoms with E-state index in [0.29, 0.717) is 0 Å². The Labute approximate surface area is 93.2 Å². The van der Waals surface area contributed by atoms with Gasteiger partial charge in [0.05, 0.1) is 0 Å². The van der Waals surface area contributed by atoms with Crippen molar-refractivity contribution >= 4 is 0 Å². The van der Waals surface area contributed by atoms with Gasteiger partial charge >= 0.3 is 0 Å². The van der Waals surface area contributed by atoms with Gasteiger partial charge < -0.3 is 5.32 Å². The number of hydrogen-bond acceptors (Lipinski definition) is 1. The van der Waals surface area contributed by atoms with Crippen molar-refractivity contribution < 1.29 is 0 Å². The average molecular weight is 203 g/mol. The SMILES string of the molecule is C=C(CC)CNCCc1ccccc1C. The molecule has 1 nitrogen and oxygen atoms in total. The molecule has 1 aromatic rings. The van der Waals surface area contributed by atoms with Crippen LogP contribution in [0.5, 0.6) is 0 Å². The number of rotatable bonds is 6. The molecule has 1 heteroatoms. The summed E-state index contributed by atoms with van der Waals surface area (Å²) in [4.78, 5) is 0. The summed E-state index contributed by atoms with van der Waals surface area (Å²) in [6, 6.07) is 8.56. The zero-order valence-electron chi connectivity index (χ0n) is 9.84. The van der Waals surface area contributed by atoms with Crippen molar-refractivity contribution in [3.05, 3.63) is 47.5 Å². The lowest BCUT2D eigenvalue weighted by Crippen LogP contribution is -2.19. The van der Waals surface area contributed by atoms with Crippen LogP contribution in [0.2, 0.25) is 0 Å². The van der Waals surface area contributed by atoms with Crippen LogP contribution in [-0.2, 0) is 6.42 Å². The number of benzene rings is 1. The van der Waals surface area contributed by atoms with E-state index in [9.17, 15) is 0 Å². The molecular formula is C14H21N. The molecule has 0 aliphatic rings. The van der Waals surface area contributed by atoms with Crippen LogP contribution in [0.1, 0.15) is 24.5 Å². The van der Waals surface area contributed by atoms with E-state index in [2.05, 4.69) is 50.0 Å². The fourth-order valence-electron chi connectivity index (χ4n) is 1.50. The van der Waals surface area contributed by atoms with E-state index in [1.165, 1.54) is 16.7 Å². The standard InChI is InChI=1S/C14H21N/c1-4-12(2)11-15-10-9-14-8-6-5-7-13(14)3/h5-8,15H,2,4,9-11H2,1,3H3. The third kappa shape index (κ3) is 4.30. The molecule has 1 aromatic carbocycles. The van der Waals surface area contributed by atoms with E-state index in [4.69, 9.17) is 0 Å². The van der Waals surface area contributed by atoms with E-state index in [0.717, 1.165) is 25.9 Å². The summed E-state index contributed by atoms with van der Waals surface area (Å²) < 4.78 is 0. The predicted octanol–water partition coefficient (Wildman–Crippen LogP) is 3.09. The van der Waals surface area contributed by atoms with Crippen LogP contribution in [0.3, 0.4) is 0 Å². The zero-order chi connectivity index (χ0) is 11.1. The molecule has 0 aliphatic heterocycles. The molecule has 1 N–H and O–H groups in total. The van der Waals surface area contributed by atoms with Crippen molar-refractivity contribution in [3.63, 3.8) is 0 Å². The highest BCUT2D eigenvalue weighted by molar-refractivity contribution is 5.25. The van der Waals surface area contributed by atoms with E-state index in [1.54, 1.807) is 0 Å². The molecule has 1 rings (SSSR count). The van der Waals surface area contributed by atoms with Crippen molar-refractivity contribution in [2.24, 2.45) is 0 Å². The Bertz CT molecular complexity index is 315. The van der Waals surface area contributed by atoms with Gasteiger partial charge in [-0.05, 0) is 37.4 Å². The third-order valence-corrected chi connectivity index (χ3v) is 2.71. The van der Waals surface area contributed by atoms with Gasteiger partial charge in [-0.25, -0.2) is 0 Å². The first-order chi connectivity index (χ1) is 7.24. The fraction of sp³-hybridized carbons (Fsp3) is 0.429. The first kappa shape index (κ1) is 12.0. The molecule has 15 heavy (non-hydrogen) atoms. The first-order valence-electron chi connectivity index (χ1n) is 5.66. The average Bonchev–Trinajstić information content (AvgIpc) is 2.26. The Kier molecular flexibility index (Phi) is 5.13. The maximum absolute atomic E-state index is 3.97. The molecule has 0 saturated heterocycles. The van der Waals surface area contributed by atoms with Gasteiger partial charge in [0.25, 0.3) is 0 Å². The van der Waals surface area contributed by atoms with Gasteiger partial charge in [0, 0.05) is 6.54 Å². The Balaban J connectivity index is 2.26. The van der Waals surface area contributed by atoms with Crippen molar-refractivity contribution in [3.8, 4) is 0 Å². The quantitative estimate of drug-likeness (QED) is 0.553. The minimum absolute atomic E-state index is 0.947. The smallest absolute Gasteiger partial charge is 0.0161 e. The number of hydrogen-bond donors (Lipinski definition) is 1. The van der Waals surface area contributed by atoms with Gasteiger partial charge in [-0.1, -0.05) is 43.3 Å². The van der Waals surface area contributed by atoms with Gasteiger partial charge in [0.15, 0.2) is 0 Å². The highest BCUT2D eigenvalue weighted by Gasteiger charge is 1.96. The molecule has 0 aliphatic carbocycles. The molecule has 0 saturated carbocycles. The summed E-state index contributed by atoms with van der Waals surface area (Å²) in [7, 11) is 0. The van der Waals surface area contributed by atoms with Crippen LogP contribution >= 0.6 is 0 Å². The van der Waals surface area contributed by atoms with Crippen molar-refractivity contribution in [1.82, 2.24) is 5.32 Å². The van der Waals surface area contributed by atoms with Crippen molar-refractivity contribution in [2.45, 2.75) is 26.7 Å². The van der Waals surface area contributed by atoms with Gasteiger partial charge in [-0.3, -0.25) is 0 Å². The second kappa shape index (κ2) is 6.41. The zero-order valence-corrected chi connectivity index (χ0v) is 9.84. The second-order valence-corrected chi connectivity index (χ2v) is 3.96. The summed E-state index contributed by atoms with van der Waals surface area (Å²) in [5.41, 5.74) is 4.10. The van der Waals surface area contributed by atoms with E-state index >= 15 is 0 Å². The Morgan fingerprint density at radius 3 is 2.73 bits per heavy atom. The van der Waals surface area contributed by atoms with Crippen LogP contribution in [-0.4, -0.2) is 13.1 Å². The first-order valence-corrected chi connectivity index (χ1v) is 5.66. The Morgan fingerprint density at radius 1 is 1.33 bits per heavy atom. The van der Waals surface area contributed by atoms with Crippen molar-refractivity contribution in [2.75, 3.05) is 13.1 Å². The van der Waals surface area contributed by atoms with Crippen LogP contribution in [0.15, 0.2) is 36.4 Å². The molecule has 82 valence electrons.